The molecular formula is C16H13F3N4OS. The summed E-state index contributed by atoms with van der Waals surface area (Å²) in [4.78, 5) is 17.8. The summed E-state index contributed by atoms with van der Waals surface area (Å²) in [5.41, 5.74) is 0.320. The predicted molar refractivity (Wildman–Crippen MR) is 87.1 cm³/mol. The van der Waals surface area contributed by atoms with Crippen molar-refractivity contribution < 1.29 is 18.0 Å². The standard InChI is InChI=1S/C16H13F3N4OS/c1-9-4-5-13(25-9)11-7-12(23-22-11)15(24)21-14(16(17,18)19)10-3-2-6-20-8-10/h2-8,14H,1H3,(H,21,24)(H,22,23). The third-order valence-electron chi connectivity index (χ3n) is 3.44. The molecule has 3 aromatic heterocycles. The maximum Gasteiger partial charge on any atom is 0.412 e. The van der Waals surface area contributed by atoms with Crippen LogP contribution in [0.25, 0.3) is 10.6 Å². The van der Waals surface area contributed by atoms with E-state index in [-0.39, 0.29) is 11.3 Å². The van der Waals surface area contributed by atoms with Crippen molar-refractivity contribution in [3.63, 3.8) is 0 Å². The first-order chi connectivity index (χ1) is 11.8. The van der Waals surface area contributed by atoms with Gasteiger partial charge in [0.25, 0.3) is 5.91 Å². The fourth-order valence-corrected chi connectivity index (χ4v) is 3.08. The van der Waals surface area contributed by atoms with Gasteiger partial charge in [-0.15, -0.1) is 11.3 Å². The highest BCUT2D eigenvalue weighted by Gasteiger charge is 2.42. The summed E-state index contributed by atoms with van der Waals surface area (Å²) in [5, 5.41) is 8.47. The molecule has 1 atom stereocenters. The highest BCUT2D eigenvalue weighted by Crippen LogP contribution is 2.32. The minimum atomic E-state index is -4.65. The summed E-state index contributed by atoms with van der Waals surface area (Å²) < 4.78 is 39.9. The van der Waals surface area contributed by atoms with E-state index in [2.05, 4.69) is 15.2 Å². The van der Waals surface area contributed by atoms with Crippen molar-refractivity contribution in [2.75, 3.05) is 0 Å². The lowest BCUT2D eigenvalue weighted by Gasteiger charge is -2.21. The molecule has 1 unspecified atom stereocenters. The molecule has 3 heterocycles. The summed E-state index contributed by atoms with van der Waals surface area (Å²) in [7, 11) is 0. The number of carbonyl (C=O) groups excluding carboxylic acids is 1. The molecule has 5 nitrogen and oxygen atoms in total. The second kappa shape index (κ2) is 6.67. The quantitative estimate of drug-likeness (QED) is 0.736. The topological polar surface area (TPSA) is 70.7 Å². The zero-order valence-electron chi connectivity index (χ0n) is 13.0. The Kier molecular flexibility index (Phi) is 4.58. The third kappa shape index (κ3) is 3.87. The monoisotopic (exact) mass is 366 g/mol. The molecule has 3 rings (SSSR count). The van der Waals surface area contributed by atoms with Gasteiger partial charge >= 0.3 is 6.18 Å². The van der Waals surface area contributed by atoms with E-state index in [9.17, 15) is 18.0 Å². The molecule has 1 amide bonds. The van der Waals surface area contributed by atoms with Gasteiger partial charge in [-0.2, -0.15) is 18.3 Å². The number of H-pyrrole nitrogens is 1. The van der Waals surface area contributed by atoms with Gasteiger partial charge in [0.1, 0.15) is 0 Å². The van der Waals surface area contributed by atoms with Gasteiger partial charge in [0.15, 0.2) is 11.7 Å². The van der Waals surface area contributed by atoms with Gasteiger partial charge in [-0.1, -0.05) is 6.07 Å². The van der Waals surface area contributed by atoms with Gasteiger partial charge in [-0.3, -0.25) is 14.9 Å². The van der Waals surface area contributed by atoms with Crippen LogP contribution < -0.4 is 5.32 Å². The Morgan fingerprint density at radius 2 is 2.12 bits per heavy atom. The number of nitrogens with zero attached hydrogens (tertiary/aromatic N) is 2. The van der Waals surface area contributed by atoms with Crippen LogP contribution in [-0.4, -0.2) is 27.3 Å². The first kappa shape index (κ1) is 17.2. The van der Waals surface area contributed by atoms with Gasteiger partial charge in [-0.25, -0.2) is 0 Å². The van der Waals surface area contributed by atoms with E-state index < -0.39 is 18.1 Å². The van der Waals surface area contributed by atoms with Crippen LogP contribution in [0.4, 0.5) is 13.2 Å². The number of amides is 1. The number of hydrogen-bond donors (Lipinski definition) is 2. The Balaban J connectivity index is 1.81. The van der Waals surface area contributed by atoms with Crippen LogP contribution in [0.15, 0.2) is 42.7 Å². The first-order valence-electron chi connectivity index (χ1n) is 7.24. The number of aromatic amines is 1. The average Bonchev–Trinajstić information content (AvgIpc) is 3.21. The molecule has 0 aliphatic carbocycles. The van der Waals surface area contributed by atoms with Gasteiger partial charge in [0, 0.05) is 22.8 Å². The Morgan fingerprint density at radius 3 is 2.72 bits per heavy atom. The first-order valence-corrected chi connectivity index (χ1v) is 8.06. The minimum Gasteiger partial charge on any atom is -0.335 e. The second-order valence-electron chi connectivity index (χ2n) is 5.31. The Bertz CT molecular complexity index is 873. The zero-order valence-corrected chi connectivity index (χ0v) is 13.8. The van der Waals surface area contributed by atoms with Crippen molar-refractivity contribution >= 4 is 17.2 Å². The van der Waals surface area contributed by atoms with Crippen molar-refractivity contribution in [2.24, 2.45) is 0 Å². The van der Waals surface area contributed by atoms with Crippen molar-refractivity contribution in [3.8, 4) is 10.6 Å². The summed E-state index contributed by atoms with van der Waals surface area (Å²) in [6.45, 7) is 1.93. The Hall–Kier alpha value is -2.68. The molecule has 9 heteroatoms. The summed E-state index contributed by atoms with van der Waals surface area (Å²) in [6, 6.07) is 5.67. The average molecular weight is 366 g/mol. The molecule has 0 aliphatic rings. The van der Waals surface area contributed by atoms with Crippen molar-refractivity contribution in [1.82, 2.24) is 20.5 Å². The Labute approximate surface area is 144 Å². The highest BCUT2D eigenvalue weighted by atomic mass is 32.1. The lowest BCUT2D eigenvalue weighted by atomic mass is 10.1. The van der Waals surface area contributed by atoms with E-state index in [1.165, 1.54) is 35.7 Å². The fraction of sp³-hybridized carbons (Fsp3) is 0.188. The van der Waals surface area contributed by atoms with Crippen LogP contribution in [0, 0.1) is 6.92 Å². The number of pyridine rings is 1. The van der Waals surface area contributed by atoms with E-state index in [4.69, 9.17) is 0 Å². The van der Waals surface area contributed by atoms with E-state index >= 15 is 0 Å². The number of thiophene rings is 1. The fourth-order valence-electron chi connectivity index (χ4n) is 2.25. The largest absolute Gasteiger partial charge is 0.412 e. The third-order valence-corrected chi connectivity index (χ3v) is 4.47. The lowest BCUT2D eigenvalue weighted by Crippen LogP contribution is -2.38. The molecule has 0 saturated carbocycles. The van der Waals surface area contributed by atoms with Crippen LogP contribution in [-0.2, 0) is 0 Å². The summed E-state index contributed by atoms with van der Waals surface area (Å²) in [5.74, 6) is -0.915. The normalized spacial score (nSPS) is 12.8. The van der Waals surface area contributed by atoms with Gasteiger partial charge < -0.3 is 5.32 Å². The second-order valence-corrected chi connectivity index (χ2v) is 6.60. The molecule has 25 heavy (non-hydrogen) atoms. The molecule has 0 aliphatic heterocycles. The van der Waals surface area contributed by atoms with E-state index in [1.54, 1.807) is 0 Å². The number of hydrogen-bond acceptors (Lipinski definition) is 4. The molecule has 130 valence electrons. The van der Waals surface area contributed by atoms with Crippen LogP contribution in [0.5, 0.6) is 0 Å². The van der Waals surface area contributed by atoms with Gasteiger partial charge in [-0.05, 0) is 31.2 Å². The number of nitrogens with one attached hydrogen (secondary N) is 2. The molecule has 0 bridgehead atoms. The number of aryl methyl sites for hydroxylation is 1. The number of halogens is 3. The van der Waals surface area contributed by atoms with Gasteiger partial charge in [0.2, 0.25) is 0 Å². The van der Waals surface area contributed by atoms with Crippen molar-refractivity contribution in [2.45, 2.75) is 19.1 Å². The maximum atomic E-state index is 13.3. The van der Waals surface area contributed by atoms with Gasteiger partial charge in [0.05, 0.1) is 10.6 Å². The number of carbonyl (C=O) groups is 1. The molecule has 2 N–H and O–H groups in total. The summed E-state index contributed by atoms with van der Waals surface area (Å²) >= 11 is 1.49. The highest BCUT2D eigenvalue weighted by molar-refractivity contribution is 7.15. The summed E-state index contributed by atoms with van der Waals surface area (Å²) in [6.07, 6.45) is -2.21. The Morgan fingerprint density at radius 1 is 1.32 bits per heavy atom. The molecule has 0 saturated heterocycles. The van der Waals surface area contributed by atoms with E-state index in [0.717, 1.165) is 16.0 Å². The number of alkyl halides is 3. The number of aromatic nitrogens is 3. The molecule has 0 aromatic carbocycles. The zero-order chi connectivity index (χ0) is 18.0. The lowest BCUT2D eigenvalue weighted by molar-refractivity contribution is -0.155. The van der Waals surface area contributed by atoms with Crippen molar-refractivity contribution in [1.29, 1.82) is 0 Å². The smallest absolute Gasteiger partial charge is 0.335 e. The minimum absolute atomic E-state index is 0.112. The maximum absolute atomic E-state index is 13.3. The molecule has 0 spiro atoms. The van der Waals surface area contributed by atoms with Crippen LogP contribution in [0.1, 0.15) is 27.0 Å². The molecule has 0 fully saturated rings. The SMILES string of the molecule is Cc1ccc(-c2cc(C(=O)NC(c3cccnc3)C(F)(F)F)n[nH]2)s1. The number of rotatable bonds is 4. The molecular weight excluding hydrogens is 353 g/mol. The molecule has 0 radical (unpaired) electrons. The van der Waals surface area contributed by atoms with E-state index in [0.29, 0.717) is 5.69 Å². The van der Waals surface area contributed by atoms with E-state index in [1.807, 2.05) is 24.4 Å². The van der Waals surface area contributed by atoms with Crippen molar-refractivity contribution in [3.05, 3.63) is 58.9 Å². The molecule has 3 aromatic rings. The van der Waals surface area contributed by atoms with Crippen LogP contribution in [0.2, 0.25) is 0 Å². The van der Waals surface area contributed by atoms with Crippen LogP contribution in [0.3, 0.4) is 0 Å². The van der Waals surface area contributed by atoms with Crippen LogP contribution >= 0.6 is 11.3 Å². The predicted octanol–water partition coefficient (Wildman–Crippen LogP) is 3.88.